The van der Waals surface area contributed by atoms with E-state index in [9.17, 15) is 9.59 Å². The van der Waals surface area contributed by atoms with Crippen LogP contribution in [-0.2, 0) is 11.3 Å². The molecule has 0 fully saturated rings. The molecule has 1 aromatic carbocycles. The summed E-state index contributed by atoms with van der Waals surface area (Å²) >= 11 is 6.16. The molecule has 0 atom stereocenters. The highest BCUT2D eigenvalue weighted by molar-refractivity contribution is 6.33. The molecule has 0 saturated heterocycles. The molecule has 2 rings (SSSR count). The number of hydrogen-bond donors (Lipinski definition) is 1. The Hall–Kier alpha value is -2.60. The molecule has 2 aromatic rings. The van der Waals surface area contributed by atoms with Gasteiger partial charge in [0.2, 0.25) is 0 Å². The molecule has 7 heteroatoms. The van der Waals surface area contributed by atoms with Crippen LogP contribution in [0, 0.1) is 0 Å². The first-order chi connectivity index (χ1) is 12.4. The number of hydrogen-bond acceptors (Lipinski definition) is 4. The maximum Gasteiger partial charge on any atom is 0.338 e. The third-order valence-corrected chi connectivity index (χ3v) is 3.86. The zero-order valence-electron chi connectivity index (χ0n) is 15.0. The van der Waals surface area contributed by atoms with Crippen LogP contribution in [0.25, 0.3) is 0 Å². The molecule has 6 nitrogen and oxygen atoms in total. The van der Waals surface area contributed by atoms with E-state index >= 15 is 0 Å². The Morgan fingerprint density at radius 1 is 1.27 bits per heavy atom. The van der Waals surface area contributed by atoms with Gasteiger partial charge in [-0.2, -0.15) is 0 Å². The number of ether oxygens (including phenoxy) is 1. The summed E-state index contributed by atoms with van der Waals surface area (Å²) in [6, 6.07) is 9.85. The summed E-state index contributed by atoms with van der Waals surface area (Å²) in [5.41, 5.74) is 1.46. The third-order valence-electron chi connectivity index (χ3n) is 3.53. The van der Waals surface area contributed by atoms with Gasteiger partial charge in [-0.1, -0.05) is 17.7 Å². The van der Waals surface area contributed by atoms with E-state index in [-0.39, 0.29) is 12.1 Å². The maximum atomic E-state index is 12.6. The van der Waals surface area contributed by atoms with E-state index in [0.717, 1.165) is 5.69 Å². The zero-order chi connectivity index (χ0) is 19.1. The lowest BCUT2D eigenvalue weighted by Gasteiger charge is -2.21. The Labute approximate surface area is 158 Å². The van der Waals surface area contributed by atoms with Crippen LogP contribution in [0.15, 0.2) is 42.6 Å². The number of carbonyl (C=O) groups is 2. The second-order valence-corrected chi connectivity index (χ2v) is 6.32. The van der Waals surface area contributed by atoms with Gasteiger partial charge in [-0.3, -0.25) is 4.98 Å². The van der Waals surface area contributed by atoms with Crippen molar-refractivity contribution in [3.05, 3.63) is 58.9 Å². The van der Waals surface area contributed by atoms with Crippen molar-refractivity contribution in [2.75, 3.05) is 11.9 Å². The van der Waals surface area contributed by atoms with Gasteiger partial charge in [-0.15, -0.1) is 0 Å². The molecule has 1 N–H and O–H groups in total. The van der Waals surface area contributed by atoms with Gasteiger partial charge in [-0.25, -0.2) is 9.59 Å². The van der Waals surface area contributed by atoms with Gasteiger partial charge >= 0.3 is 12.0 Å². The van der Waals surface area contributed by atoms with Crippen molar-refractivity contribution in [1.82, 2.24) is 9.88 Å². The molecule has 0 aliphatic carbocycles. The standard InChI is InChI=1S/C19H22ClN3O3/c1-4-23(12-15-7-5-6-10-21-15)19(25)22-17-11-14(8-9-16(17)20)18(24)26-13(2)3/h5-11,13H,4,12H2,1-3H3,(H,22,25). The number of aromatic nitrogens is 1. The third kappa shape index (κ3) is 5.46. The van der Waals surface area contributed by atoms with Gasteiger partial charge in [0.05, 0.1) is 34.6 Å². The minimum Gasteiger partial charge on any atom is -0.459 e. The molecular weight excluding hydrogens is 354 g/mol. The number of nitrogens with one attached hydrogen (secondary N) is 1. The van der Waals surface area contributed by atoms with E-state index in [4.69, 9.17) is 16.3 Å². The fraction of sp³-hybridized carbons (Fsp3) is 0.316. The second kappa shape index (κ2) is 9.20. The number of esters is 1. The Morgan fingerprint density at radius 3 is 2.65 bits per heavy atom. The van der Waals surface area contributed by atoms with Crippen LogP contribution >= 0.6 is 11.6 Å². The van der Waals surface area contributed by atoms with Crippen molar-refractivity contribution in [3.63, 3.8) is 0 Å². The highest BCUT2D eigenvalue weighted by Gasteiger charge is 2.17. The van der Waals surface area contributed by atoms with E-state index in [0.29, 0.717) is 29.4 Å². The molecule has 0 bridgehead atoms. The second-order valence-electron chi connectivity index (χ2n) is 5.91. The largest absolute Gasteiger partial charge is 0.459 e. The molecule has 138 valence electrons. The zero-order valence-corrected chi connectivity index (χ0v) is 15.8. The molecule has 0 radical (unpaired) electrons. The minimum atomic E-state index is -0.465. The first-order valence-electron chi connectivity index (χ1n) is 8.37. The van der Waals surface area contributed by atoms with Crippen molar-refractivity contribution in [1.29, 1.82) is 0 Å². The first kappa shape index (κ1) is 19.7. The van der Waals surface area contributed by atoms with Crippen molar-refractivity contribution >= 4 is 29.3 Å². The quantitative estimate of drug-likeness (QED) is 0.761. The normalized spacial score (nSPS) is 10.5. The monoisotopic (exact) mass is 375 g/mol. The predicted octanol–water partition coefficient (Wildman–Crippen LogP) is 4.35. The van der Waals surface area contributed by atoms with Gasteiger partial charge in [-0.05, 0) is 51.1 Å². The van der Waals surface area contributed by atoms with Gasteiger partial charge in [0, 0.05) is 12.7 Å². The molecule has 26 heavy (non-hydrogen) atoms. The van der Waals surface area contributed by atoms with Crippen molar-refractivity contribution in [3.8, 4) is 0 Å². The van der Waals surface area contributed by atoms with Crippen LogP contribution in [0.4, 0.5) is 10.5 Å². The molecule has 1 heterocycles. The molecule has 2 amide bonds. The molecular formula is C19H22ClN3O3. The van der Waals surface area contributed by atoms with Gasteiger partial charge in [0.15, 0.2) is 0 Å². The summed E-state index contributed by atoms with van der Waals surface area (Å²) in [4.78, 5) is 30.4. The maximum absolute atomic E-state index is 12.6. The van der Waals surface area contributed by atoms with E-state index in [1.807, 2.05) is 25.1 Å². The summed E-state index contributed by atoms with van der Waals surface area (Å²) < 4.78 is 5.17. The number of anilines is 1. The van der Waals surface area contributed by atoms with Crippen LogP contribution in [0.3, 0.4) is 0 Å². The number of nitrogens with zero attached hydrogens (tertiary/aromatic N) is 2. The molecule has 0 aliphatic rings. The Bertz CT molecular complexity index is 766. The molecule has 0 unspecified atom stereocenters. The average molecular weight is 376 g/mol. The van der Waals surface area contributed by atoms with E-state index in [1.54, 1.807) is 37.1 Å². The van der Waals surface area contributed by atoms with Crippen LogP contribution in [0.5, 0.6) is 0 Å². The van der Waals surface area contributed by atoms with Crippen molar-refractivity contribution in [2.45, 2.75) is 33.4 Å². The number of urea groups is 1. The molecule has 0 saturated carbocycles. The number of pyridine rings is 1. The molecule has 0 spiro atoms. The van der Waals surface area contributed by atoms with Crippen LogP contribution in [0.2, 0.25) is 5.02 Å². The van der Waals surface area contributed by atoms with E-state index < -0.39 is 5.97 Å². The number of amides is 2. The Balaban J connectivity index is 2.12. The minimum absolute atomic E-state index is 0.231. The Kier molecular flexibility index (Phi) is 6.97. The summed E-state index contributed by atoms with van der Waals surface area (Å²) in [7, 11) is 0. The van der Waals surface area contributed by atoms with Crippen molar-refractivity contribution in [2.24, 2.45) is 0 Å². The lowest BCUT2D eigenvalue weighted by Crippen LogP contribution is -2.34. The Morgan fingerprint density at radius 2 is 2.04 bits per heavy atom. The summed E-state index contributed by atoms with van der Waals surface area (Å²) in [5, 5.41) is 3.09. The fourth-order valence-corrected chi connectivity index (χ4v) is 2.40. The van der Waals surface area contributed by atoms with Gasteiger partial charge in [0.1, 0.15) is 0 Å². The summed E-state index contributed by atoms with van der Waals surface area (Å²) in [5.74, 6) is -0.465. The first-order valence-corrected chi connectivity index (χ1v) is 8.74. The molecule has 1 aromatic heterocycles. The highest BCUT2D eigenvalue weighted by Crippen LogP contribution is 2.24. The van der Waals surface area contributed by atoms with Crippen LogP contribution in [-0.4, -0.2) is 34.5 Å². The summed E-state index contributed by atoms with van der Waals surface area (Å²) in [6.45, 7) is 6.28. The lowest BCUT2D eigenvalue weighted by atomic mass is 10.2. The predicted molar refractivity (Wildman–Crippen MR) is 101 cm³/mol. The SMILES string of the molecule is CCN(Cc1ccccn1)C(=O)Nc1cc(C(=O)OC(C)C)ccc1Cl. The van der Waals surface area contributed by atoms with Crippen LogP contribution < -0.4 is 5.32 Å². The smallest absolute Gasteiger partial charge is 0.338 e. The highest BCUT2D eigenvalue weighted by atomic mass is 35.5. The van der Waals surface area contributed by atoms with E-state index in [1.165, 1.54) is 6.07 Å². The number of carbonyl (C=O) groups excluding carboxylic acids is 2. The van der Waals surface area contributed by atoms with Crippen LogP contribution in [0.1, 0.15) is 36.8 Å². The van der Waals surface area contributed by atoms with E-state index in [2.05, 4.69) is 10.3 Å². The number of benzene rings is 1. The molecule has 0 aliphatic heterocycles. The number of halogens is 1. The number of rotatable bonds is 6. The average Bonchev–Trinajstić information content (AvgIpc) is 2.61. The summed E-state index contributed by atoms with van der Waals surface area (Å²) in [6.07, 6.45) is 1.45. The lowest BCUT2D eigenvalue weighted by molar-refractivity contribution is 0.0378. The van der Waals surface area contributed by atoms with Crippen molar-refractivity contribution < 1.29 is 14.3 Å². The van der Waals surface area contributed by atoms with Gasteiger partial charge in [0.25, 0.3) is 0 Å². The van der Waals surface area contributed by atoms with Gasteiger partial charge < -0.3 is 15.0 Å². The fourth-order valence-electron chi connectivity index (χ4n) is 2.24. The topological polar surface area (TPSA) is 71.5 Å².